The zero-order valence-electron chi connectivity index (χ0n) is 11.6. The number of nitrogens with two attached hydrogens (primary N) is 1. The number of hydrogen-bond acceptors (Lipinski definition) is 4. The van der Waals surface area contributed by atoms with Crippen LogP contribution in [-0.4, -0.2) is 48.1 Å². The number of amidine groups is 1. The molecule has 0 atom stereocenters. The van der Waals surface area contributed by atoms with Crippen molar-refractivity contribution in [3.8, 4) is 0 Å². The standard InChI is InChI=1S/C12H27N3OS/c1-12(2,11(13)14-16)7-5-6-8-15(3)9-10-17-4/h16H,5-10H2,1-4H3,(H2,13,14). The molecule has 0 unspecified atom stereocenters. The van der Waals surface area contributed by atoms with Crippen LogP contribution in [0.5, 0.6) is 0 Å². The fourth-order valence-electron chi connectivity index (χ4n) is 1.57. The third kappa shape index (κ3) is 7.49. The predicted octanol–water partition coefficient (Wildman–Crippen LogP) is 2.22. The van der Waals surface area contributed by atoms with Crippen LogP contribution < -0.4 is 5.73 Å². The molecule has 0 fully saturated rings. The maximum absolute atomic E-state index is 8.66. The monoisotopic (exact) mass is 261 g/mol. The summed E-state index contributed by atoms with van der Waals surface area (Å²) in [6.45, 7) is 6.29. The first-order valence-electron chi connectivity index (χ1n) is 6.09. The molecule has 0 rings (SSSR count). The SMILES string of the molecule is CSCCN(C)CCCCC(C)(C)C(N)=NO. The van der Waals surface area contributed by atoms with Crippen LogP contribution in [0, 0.1) is 5.41 Å². The van der Waals surface area contributed by atoms with Crippen LogP contribution in [-0.2, 0) is 0 Å². The molecule has 0 aromatic heterocycles. The van der Waals surface area contributed by atoms with Gasteiger partial charge in [0, 0.05) is 17.7 Å². The van der Waals surface area contributed by atoms with Crippen LogP contribution in [0.2, 0.25) is 0 Å². The molecule has 0 aromatic rings. The first kappa shape index (κ1) is 16.6. The Labute approximate surface area is 110 Å². The van der Waals surface area contributed by atoms with Gasteiger partial charge in [0.05, 0.1) is 0 Å². The number of unbranched alkanes of at least 4 members (excludes halogenated alkanes) is 1. The summed E-state index contributed by atoms with van der Waals surface area (Å²) < 4.78 is 0. The summed E-state index contributed by atoms with van der Waals surface area (Å²) in [6.07, 6.45) is 5.35. The molecule has 0 amide bonds. The van der Waals surface area contributed by atoms with E-state index in [1.165, 1.54) is 5.75 Å². The Kier molecular flexibility index (Phi) is 8.43. The number of oxime groups is 1. The van der Waals surface area contributed by atoms with E-state index in [0.717, 1.165) is 32.4 Å². The molecule has 0 heterocycles. The Hall–Kier alpha value is -0.420. The minimum atomic E-state index is -0.202. The van der Waals surface area contributed by atoms with E-state index in [1.54, 1.807) is 0 Å². The number of nitrogens with zero attached hydrogens (tertiary/aromatic N) is 2. The summed E-state index contributed by atoms with van der Waals surface area (Å²) in [6, 6.07) is 0. The van der Waals surface area contributed by atoms with Gasteiger partial charge in [-0.3, -0.25) is 0 Å². The van der Waals surface area contributed by atoms with Crippen molar-refractivity contribution in [3.63, 3.8) is 0 Å². The van der Waals surface area contributed by atoms with Crippen molar-refractivity contribution >= 4 is 17.6 Å². The molecule has 0 saturated heterocycles. The maximum atomic E-state index is 8.66. The van der Waals surface area contributed by atoms with Crippen LogP contribution >= 0.6 is 11.8 Å². The zero-order chi connectivity index (χ0) is 13.3. The van der Waals surface area contributed by atoms with Crippen molar-refractivity contribution in [1.29, 1.82) is 0 Å². The summed E-state index contributed by atoms with van der Waals surface area (Å²) in [7, 11) is 2.16. The van der Waals surface area contributed by atoms with Gasteiger partial charge >= 0.3 is 0 Å². The molecule has 0 aromatic carbocycles. The van der Waals surface area contributed by atoms with Gasteiger partial charge in [0.1, 0.15) is 5.84 Å². The van der Waals surface area contributed by atoms with Crippen molar-refractivity contribution in [2.45, 2.75) is 33.1 Å². The van der Waals surface area contributed by atoms with Gasteiger partial charge in [-0.05, 0) is 32.7 Å². The first-order valence-corrected chi connectivity index (χ1v) is 7.49. The van der Waals surface area contributed by atoms with Crippen LogP contribution in [0.1, 0.15) is 33.1 Å². The molecular weight excluding hydrogens is 234 g/mol. The van der Waals surface area contributed by atoms with E-state index in [0.29, 0.717) is 5.84 Å². The average Bonchev–Trinajstić information content (AvgIpc) is 2.30. The number of rotatable bonds is 9. The summed E-state index contributed by atoms with van der Waals surface area (Å²) in [4.78, 5) is 2.35. The van der Waals surface area contributed by atoms with E-state index < -0.39 is 0 Å². The molecular formula is C12H27N3OS. The quantitative estimate of drug-likeness (QED) is 0.220. The lowest BCUT2D eigenvalue weighted by Crippen LogP contribution is -2.32. The highest BCUT2D eigenvalue weighted by Gasteiger charge is 2.22. The van der Waals surface area contributed by atoms with E-state index in [4.69, 9.17) is 10.9 Å². The van der Waals surface area contributed by atoms with Crippen LogP contribution in [0.4, 0.5) is 0 Å². The summed E-state index contributed by atoms with van der Waals surface area (Å²) >= 11 is 1.88. The molecule has 3 N–H and O–H groups in total. The van der Waals surface area contributed by atoms with E-state index >= 15 is 0 Å². The van der Waals surface area contributed by atoms with Gasteiger partial charge < -0.3 is 15.8 Å². The van der Waals surface area contributed by atoms with E-state index in [-0.39, 0.29) is 5.41 Å². The minimum Gasteiger partial charge on any atom is -0.409 e. The lowest BCUT2D eigenvalue weighted by molar-refractivity contribution is 0.300. The summed E-state index contributed by atoms with van der Waals surface area (Å²) in [5.41, 5.74) is 5.44. The molecule has 0 aliphatic carbocycles. The Morgan fingerprint density at radius 2 is 2.00 bits per heavy atom. The lowest BCUT2D eigenvalue weighted by atomic mass is 9.86. The lowest BCUT2D eigenvalue weighted by Gasteiger charge is -2.23. The number of thioether (sulfide) groups is 1. The van der Waals surface area contributed by atoms with Crippen molar-refractivity contribution in [1.82, 2.24) is 4.90 Å². The predicted molar refractivity (Wildman–Crippen MR) is 76.9 cm³/mol. The first-order chi connectivity index (χ1) is 7.94. The summed E-state index contributed by atoms with van der Waals surface area (Å²) in [5.74, 6) is 1.51. The van der Waals surface area contributed by atoms with Crippen molar-refractivity contribution in [3.05, 3.63) is 0 Å². The highest BCUT2D eigenvalue weighted by molar-refractivity contribution is 7.98. The fraction of sp³-hybridized carbons (Fsp3) is 0.917. The Bertz CT molecular complexity index is 232. The third-order valence-corrected chi connectivity index (χ3v) is 3.66. The normalized spacial score (nSPS) is 13.4. The average molecular weight is 261 g/mol. The van der Waals surface area contributed by atoms with Gasteiger partial charge in [0.15, 0.2) is 0 Å². The second kappa shape index (κ2) is 8.64. The second-order valence-corrected chi connectivity index (χ2v) is 6.11. The Morgan fingerprint density at radius 3 is 2.53 bits per heavy atom. The van der Waals surface area contributed by atoms with Gasteiger partial charge in [-0.2, -0.15) is 11.8 Å². The Balaban J connectivity index is 3.70. The second-order valence-electron chi connectivity index (χ2n) is 5.12. The smallest absolute Gasteiger partial charge is 0.144 e. The largest absolute Gasteiger partial charge is 0.409 e. The minimum absolute atomic E-state index is 0.202. The molecule has 4 nitrogen and oxygen atoms in total. The fourth-order valence-corrected chi connectivity index (χ4v) is 2.07. The molecule has 0 aliphatic rings. The highest BCUT2D eigenvalue weighted by atomic mass is 32.2. The molecule has 5 heteroatoms. The van der Waals surface area contributed by atoms with Gasteiger partial charge in [-0.1, -0.05) is 25.4 Å². The molecule has 0 radical (unpaired) electrons. The van der Waals surface area contributed by atoms with Crippen LogP contribution in [0.15, 0.2) is 5.16 Å². The topological polar surface area (TPSA) is 61.8 Å². The van der Waals surface area contributed by atoms with Crippen molar-refractivity contribution in [2.24, 2.45) is 16.3 Å². The summed E-state index contributed by atoms with van der Waals surface area (Å²) in [5, 5.41) is 11.8. The highest BCUT2D eigenvalue weighted by Crippen LogP contribution is 2.23. The third-order valence-electron chi connectivity index (χ3n) is 3.07. The van der Waals surface area contributed by atoms with E-state index in [1.807, 2.05) is 25.6 Å². The zero-order valence-corrected chi connectivity index (χ0v) is 12.4. The molecule has 0 aliphatic heterocycles. The maximum Gasteiger partial charge on any atom is 0.144 e. The van der Waals surface area contributed by atoms with E-state index in [9.17, 15) is 0 Å². The van der Waals surface area contributed by atoms with Gasteiger partial charge in [0.25, 0.3) is 0 Å². The van der Waals surface area contributed by atoms with Crippen molar-refractivity contribution < 1.29 is 5.21 Å². The molecule has 17 heavy (non-hydrogen) atoms. The van der Waals surface area contributed by atoms with Gasteiger partial charge in [0.2, 0.25) is 0 Å². The Morgan fingerprint density at radius 1 is 1.35 bits per heavy atom. The van der Waals surface area contributed by atoms with Crippen molar-refractivity contribution in [2.75, 3.05) is 32.1 Å². The molecule has 0 spiro atoms. The van der Waals surface area contributed by atoms with Gasteiger partial charge in [-0.25, -0.2) is 0 Å². The van der Waals surface area contributed by atoms with E-state index in [2.05, 4.69) is 23.4 Å². The van der Waals surface area contributed by atoms with Gasteiger partial charge in [-0.15, -0.1) is 0 Å². The number of hydrogen-bond donors (Lipinski definition) is 2. The van der Waals surface area contributed by atoms with Crippen LogP contribution in [0.3, 0.4) is 0 Å². The molecule has 0 saturated carbocycles. The molecule has 102 valence electrons. The van der Waals surface area contributed by atoms with Crippen LogP contribution in [0.25, 0.3) is 0 Å². The molecule has 0 bridgehead atoms.